The van der Waals surface area contributed by atoms with Crippen LogP contribution in [0.15, 0.2) is 36.4 Å². The lowest BCUT2D eigenvalue weighted by Crippen LogP contribution is -2.35. The number of anilines is 1. The molecular formula is C29H39N3O3. The highest BCUT2D eigenvalue weighted by Crippen LogP contribution is 2.44. The van der Waals surface area contributed by atoms with Crippen LogP contribution in [0.25, 0.3) is 0 Å². The van der Waals surface area contributed by atoms with Gasteiger partial charge in [-0.3, -0.25) is 4.90 Å². The highest BCUT2D eigenvalue weighted by Gasteiger charge is 2.38. The van der Waals surface area contributed by atoms with E-state index in [1.807, 2.05) is 13.0 Å². The SMILES string of the molecule is CCOC(=O)C(c1ccccc1C1CC1)N1CCC(OCCCCc2ccc3c(n2)NCCC3)C1. The number of unbranched alkanes of at least 4 members (excludes halogenated alkanes) is 1. The molecular weight excluding hydrogens is 438 g/mol. The first-order chi connectivity index (χ1) is 17.2. The van der Waals surface area contributed by atoms with Crippen LogP contribution in [0.5, 0.6) is 0 Å². The Morgan fingerprint density at radius 3 is 2.91 bits per heavy atom. The van der Waals surface area contributed by atoms with Crippen molar-refractivity contribution in [1.82, 2.24) is 9.88 Å². The molecule has 0 bridgehead atoms. The number of benzene rings is 1. The summed E-state index contributed by atoms with van der Waals surface area (Å²) in [5.41, 5.74) is 4.95. The van der Waals surface area contributed by atoms with Crippen molar-refractivity contribution in [3.63, 3.8) is 0 Å². The van der Waals surface area contributed by atoms with Gasteiger partial charge in [0.25, 0.3) is 0 Å². The minimum atomic E-state index is -0.330. The fourth-order valence-corrected chi connectivity index (χ4v) is 5.51. The Hall–Kier alpha value is -2.44. The molecule has 1 aromatic carbocycles. The summed E-state index contributed by atoms with van der Waals surface area (Å²) in [7, 11) is 0. The van der Waals surface area contributed by atoms with Crippen LogP contribution in [-0.2, 0) is 27.1 Å². The van der Waals surface area contributed by atoms with Crippen LogP contribution in [0.4, 0.5) is 5.82 Å². The largest absolute Gasteiger partial charge is 0.465 e. The number of hydrogen-bond acceptors (Lipinski definition) is 6. The highest BCUT2D eigenvalue weighted by atomic mass is 16.5. The molecule has 1 saturated heterocycles. The number of pyridine rings is 1. The second-order valence-electron chi connectivity index (χ2n) is 10.1. The predicted octanol–water partition coefficient (Wildman–Crippen LogP) is 5.04. The van der Waals surface area contributed by atoms with Crippen LogP contribution >= 0.6 is 0 Å². The summed E-state index contributed by atoms with van der Waals surface area (Å²) in [6.07, 6.45) is 8.97. The van der Waals surface area contributed by atoms with Gasteiger partial charge in [-0.15, -0.1) is 0 Å². The monoisotopic (exact) mass is 477 g/mol. The van der Waals surface area contributed by atoms with E-state index in [-0.39, 0.29) is 18.1 Å². The molecule has 2 fully saturated rings. The summed E-state index contributed by atoms with van der Waals surface area (Å²) in [6.45, 7) is 5.71. The molecule has 5 rings (SSSR count). The van der Waals surface area contributed by atoms with Crippen LogP contribution in [0.2, 0.25) is 0 Å². The molecule has 2 unspecified atom stereocenters. The van der Waals surface area contributed by atoms with Crippen molar-refractivity contribution >= 4 is 11.8 Å². The third-order valence-electron chi connectivity index (χ3n) is 7.49. The number of aryl methyl sites for hydroxylation is 2. The zero-order valence-electron chi connectivity index (χ0n) is 21.0. The predicted molar refractivity (Wildman–Crippen MR) is 138 cm³/mol. The van der Waals surface area contributed by atoms with Crippen molar-refractivity contribution in [3.05, 3.63) is 58.8 Å². The molecule has 6 heteroatoms. The average Bonchev–Trinajstić information content (AvgIpc) is 3.63. The van der Waals surface area contributed by atoms with Gasteiger partial charge < -0.3 is 14.8 Å². The second kappa shape index (κ2) is 11.5. The zero-order chi connectivity index (χ0) is 24.0. The summed E-state index contributed by atoms with van der Waals surface area (Å²) >= 11 is 0. The van der Waals surface area contributed by atoms with E-state index in [2.05, 4.69) is 40.5 Å². The number of esters is 1. The summed E-state index contributed by atoms with van der Waals surface area (Å²) < 4.78 is 11.8. The normalized spacial score (nSPS) is 20.8. The summed E-state index contributed by atoms with van der Waals surface area (Å²) in [5.74, 6) is 1.54. The second-order valence-corrected chi connectivity index (χ2v) is 10.1. The van der Waals surface area contributed by atoms with E-state index in [0.29, 0.717) is 12.5 Å². The average molecular weight is 478 g/mol. The van der Waals surface area contributed by atoms with Gasteiger partial charge in [0.15, 0.2) is 0 Å². The van der Waals surface area contributed by atoms with Gasteiger partial charge in [-0.05, 0) is 87.0 Å². The van der Waals surface area contributed by atoms with Gasteiger partial charge >= 0.3 is 5.97 Å². The highest BCUT2D eigenvalue weighted by molar-refractivity contribution is 5.78. The van der Waals surface area contributed by atoms with E-state index in [9.17, 15) is 4.79 Å². The summed E-state index contributed by atoms with van der Waals surface area (Å²) in [6, 6.07) is 12.5. The number of ether oxygens (including phenoxy) is 2. The van der Waals surface area contributed by atoms with E-state index >= 15 is 0 Å². The van der Waals surface area contributed by atoms with Gasteiger partial charge in [0.05, 0.1) is 12.7 Å². The maximum Gasteiger partial charge on any atom is 0.328 e. The number of aromatic nitrogens is 1. The molecule has 0 spiro atoms. The van der Waals surface area contributed by atoms with E-state index < -0.39 is 0 Å². The van der Waals surface area contributed by atoms with Crippen LogP contribution in [0, 0.1) is 0 Å². The fourth-order valence-electron chi connectivity index (χ4n) is 5.51. The van der Waals surface area contributed by atoms with Crippen LogP contribution in [-0.4, -0.2) is 54.8 Å². The van der Waals surface area contributed by atoms with E-state index in [4.69, 9.17) is 14.5 Å². The molecule has 1 aromatic heterocycles. The Balaban J connectivity index is 1.11. The molecule has 2 atom stereocenters. The molecule has 3 aliphatic rings. The van der Waals surface area contributed by atoms with Crippen molar-refractivity contribution < 1.29 is 14.3 Å². The van der Waals surface area contributed by atoms with Crippen LogP contribution < -0.4 is 5.32 Å². The van der Waals surface area contributed by atoms with Crippen molar-refractivity contribution in [2.45, 2.75) is 76.4 Å². The number of rotatable bonds is 11. The van der Waals surface area contributed by atoms with Gasteiger partial charge in [-0.25, -0.2) is 9.78 Å². The first-order valence-electron chi connectivity index (χ1n) is 13.6. The number of nitrogens with one attached hydrogen (secondary N) is 1. The first-order valence-corrected chi connectivity index (χ1v) is 13.6. The minimum Gasteiger partial charge on any atom is -0.465 e. The maximum absolute atomic E-state index is 13.0. The number of carbonyl (C=O) groups is 1. The smallest absolute Gasteiger partial charge is 0.328 e. The lowest BCUT2D eigenvalue weighted by molar-refractivity contribution is -0.149. The summed E-state index contributed by atoms with van der Waals surface area (Å²) in [5, 5.41) is 3.42. The number of likely N-dealkylation sites (tertiary alicyclic amines) is 1. The molecule has 2 aromatic rings. The molecule has 3 heterocycles. The van der Waals surface area contributed by atoms with E-state index in [1.165, 1.54) is 30.4 Å². The quantitative estimate of drug-likeness (QED) is 0.362. The minimum absolute atomic E-state index is 0.131. The summed E-state index contributed by atoms with van der Waals surface area (Å²) in [4.78, 5) is 20.1. The van der Waals surface area contributed by atoms with Gasteiger partial charge in [0.2, 0.25) is 0 Å². The lowest BCUT2D eigenvalue weighted by Gasteiger charge is -2.28. The van der Waals surface area contributed by atoms with Gasteiger partial charge in [0.1, 0.15) is 11.9 Å². The van der Waals surface area contributed by atoms with Crippen molar-refractivity contribution in [1.29, 1.82) is 0 Å². The maximum atomic E-state index is 13.0. The topological polar surface area (TPSA) is 63.7 Å². The van der Waals surface area contributed by atoms with Crippen molar-refractivity contribution in [3.8, 4) is 0 Å². The number of nitrogens with zero attached hydrogens (tertiary/aromatic N) is 2. The Morgan fingerprint density at radius 2 is 2.06 bits per heavy atom. The third kappa shape index (κ3) is 6.04. The molecule has 1 saturated carbocycles. The van der Waals surface area contributed by atoms with Gasteiger partial charge in [-0.2, -0.15) is 0 Å². The number of hydrogen-bond donors (Lipinski definition) is 1. The van der Waals surface area contributed by atoms with Gasteiger partial charge in [-0.1, -0.05) is 30.3 Å². The van der Waals surface area contributed by atoms with Crippen molar-refractivity contribution in [2.24, 2.45) is 0 Å². The molecule has 35 heavy (non-hydrogen) atoms. The van der Waals surface area contributed by atoms with Gasteiger partial charge in [0, 0.05) is 31.9 Å². The number of fused-ring (bicyclic) bond motifs is 1. The Kier molecular flexibility index (Phi) is 7.99. The molecule has 0 radical (unpaired) electrons. The zero-order valence-corrected chi connectivity index (χ0v) is 21.0. The molecule has 1 aliphatic carbocycles. The van der Waals surface area contributed by atoms with Crippen molar-refractivity contribution in [2.75, 3.05) is 38.2 Å². The molecule has 2 aliphatic heterocycles. The van der Waals surface area contributed by atoms with E-state index in [1.54, 1.807) is 0 Å². The number of carbonyl (C=O) groups excluding carboxylic acids is 1. The Labute approximate surface area is 209 Å². The molecule has 0 amide bonds. The molecule has 6 nitrogen and oxygen atoms in total. The molecule has 188 valence electrons. The lowest BCUT2D eigenvalue weighted by atomic mass is 9.96. The fraction of sp³-hybridized carbons (Fsp3) is 0.586. The Morgan fingerprint density at radius 1 is 1.17 bits per heavy atom. The Bertz CT molecular complexity index is 1010. The third-order valence-corrected chi connectivity index (χ3v) is 7.49. The van der Waals surface area contributed by atoms with Crippen LogP contribution in [0.1, 0.15) is 79.8 Å². The van der Waals surface area contributed by atoms with Crippen LogP contribution in [0.3, 0.4) is 0 Å². The first kappa shape index (κ1) is 24.3. The standard InChI is InChI=1S/C29H39N3O3/c1-2-34-29(33)27(26-11-4-3-10-25(26)21-12-13-21)32-18-16-24(20-32)35-19-6-5-9-23-15-14-22-8-7-17-30-28(22)31-23/h3-4,10-11,14-15,21,24,27H,2,5-9,12-13,16-20H2,1H3,(H,30,31). The van der Waals surface area contributed by atoms with E-state index in [0.717, 1.165) is 75.4 Å². The molecule has 1 N–H and O–H groups in total.